The van der Waals surface area contributed by atoms with E-state index in [1.807, 2.05) is 0 Å². The van der Waals surface area contributed by atoms with Crippen molar-refractivity contribution in [3.63, 3.8) is 0 Å². The second-order valence-electron chi connectivity index (χ2n) is 5.44. The molecular formula is C13H18ClNO4S2. The Hall–Kier alpha value is -0.630. The largest absolute Gasteiger partial charge is 0.261 e. The van der Waals surface area contributed by atoms with E-state index in [1.165, 1.54) is 24.3 Å². The van der Waals surface area contributed by atoms with Crippen LogP contribution in [0.5, 0.6) is 0 Å². The third kappa shape index (κ3) is 3.77. The minimum absolute atomic E-state index is 0.0390. The lowest BCUT2D eigenvalue weighted by molar-refractivity contribution is 0.133. The highest BCUT2D eigenvalue weighted by molar-refractivity contribution is 8.13. The Kier molecular flexibility index (Phi) is 4.68. The van der Waals surface area contributed by atoms with Crippen LogP contribution in [0.1, 0.15) is 32.6 Å². The molecule has 8 heteroatoms. The molecule has 0 radical (unpaired) electrons. The molecule has 0 bridgehead atoms. The van der Waals surface area contributed by atoms with Gasteiger partial charge in [0.25, 0.3) is 9.05 Å². The second kappa shape index (κ2) is 5.87. The normalized spacial score (nSPS) is 18.2. The molecule has 0 amide bonds. The molecule has 2 rings (SSSR count). The molecule has 5 nitrogen and oxygen atoms in total. The van der Waals surface area contributed by atoms with Crippen LogP contribution in [-0.4, -0.2) is 23.4 Å². The van der Waals surface area contributed by atoms with Gasteiger partial charge in [0, 0.05) is 17.2 Å². The van der Waals surface area contributed by atoms with Crippen molar-refractivity contribution in [2.45, 2.75) is 42.4 Å². The maximum Gasteiger partial charge on any atom is 0.261 e. The van der Waals surface area contributed by atoms with Gasteiger partial charge >= 0.3 is 0 Å². The summed E-state index contributed by atoms with van der Waals surface area (Å²) >= 11 is 0. The van der Waals surface area contributed by atoms with E-state index in [1.54, 1.807) is 0 Å². The Morgan fingerprint density at radius 3 is 2.00 bits per heavy atom. The summed E-state index contributed by atoms with van der Waals surface area (Å²) in [6.45, 7) is 2.48. The number of rotatable bonds is 6. The molecule has 0 unspecified atom stereocenters. The highest BCUT2D eigenvalue weighted by atomic mass is 35.7. The van der Waals surface area contributed by atoms with E-state index in [9.17, 15) is 16.8 Å². The Morgan fingerprint density at radius 1 is 1.10 bits per heavy atom. The van der Waals surface area contributed by atoms with E-state index in [2.05, 4.69) is 11.6 Å². The van der Waals surface area contributed by atoms with E-state index in [0.29, 0.717) is 6.54 Å². The lowest BCUT2D eigenvalue weighted by atomic mass is 9.67. The predicted octanol–water partition coefficient (Wildman–Crippen LogP) is 2.47. The minimum Gasteiger partial charge on any atom is -0.211 e. The summed E-state index contributed by atoms with van der Waals surface area (Å²) < 4.78 is 49.3. The summed E-state index contributed by atoms with van der Waals surface area (Å²) in [7, 11) is -2.27. The molecule has 1 aromatic carbocycles. The average molecular weight is 352 g/mol. The maximum absolute atomic E-state index is 12.2. The molecule has 1 aliphatic rings. The Bertz CT molecular complexity index is 702. The zero-order valence-corrected chi connectivity index (χ0v) is 14.1. The molecular weight excluding hydrogens is 334 g/mol. The van der Waals surface area contributed by atoms with Crippen LogP contribution in [-0.2, 0) is 19.1 Å². The van der Waals surface area contributed by atoms with Crippen LogP contribution in [0, 0.1) is 5.41 Å². The SMILES string of the molecule is CCC1(CNS(=O)(=O)c2ccc(S(=O)(=O)Cl)cc2)CCC1. The van der Waals surface area contributed by atoms with Crippen LogP contribution in [0.25, 0.3) is 0 Å². The van der Waals surface area contributed by atoms with Crippen molar-refractivity contribution in [2.24, 2.45) is 5.41 Å². The summed E-state index contributed by atoms with van der Waals surface area (Å²) in [6, 6.07) is 4.87. The van der Waals surface area contributed by atoms with Crippen LogP contribution < -0.4 is 4.72 Å². The van der Waals surface area contributed by atoms with Gasteiger partial charge in [0.1, 0.15) is 0 Å². The van der Waals surface area contributed by atoms with E-state index < -0.39 is 19.1 Å². The van der Waals surface area contributed by atoms with Gasteiger partial charge in [-0.3, -0.25) is 0 Å². The van der Waals surface area contributed by atoms with Crippen molar-refractivity contribution >= 4 is 29.8 Å². The molecule has 0 aromatic heterocycles. The first-order valence-corrected chi connectivity index (χ1v) is 10.5. The summed E-state index contributed by atoms with van der Waals surface area (Å²) in [4.78, 5) is -0.0794. The summed E-state index contributed by atoms with van der Waals surface area (Å²) in [5.74, 6) is 0. The molecule has 0 aliphatic heterocycles. The molecule has 1 N–H and O–H groups in total. The van der Waals surface area contributed by atoms with Gasteiger partial charge in [-0.2, -0.15) is 0 Å². The Labute approximate surface area is 130 Å². The fraction of sp³-hybridized carbons (Fsp3) is 0.538. The molecule has 21 heavy (non-hydrogen) atoms. The third-order valence-corrected chi connectivity index (χ3v) is 7.00. The van der Waals surface area contributed by atoms with Crippen LogP contribution in [0.15, 0.2) is 34.1 Å². The molecule has 1 saturated carbocycles. The smallest absolute Gasteiger partial charge is 0.211 e. The van der Waals surface area contributed by atoms with E-state index >= 15 is 0 Å². The van der Waals surface area contributed by atoms with Crippen LogP contribution in [0.4, 0.5) is 0 Å². The Balaban J connectivity index is 2.12. The number of benzene rings is 1. The standard InChI is InChI=1S/C13H18ClNO4S2/c1-2-13(8-3-9-13)10-15-21(18,19)12-6-4-11(5-7-12)20(14,16)17/h4-7,15H,2-3,8-10H2,1H3. The van der Waals surface area contributed by atoms with Crippen LogP contribution in [0.3, 0.4) is 0 Å². The van der Waals surface area contributed by atoms with Crippen molar-refractivity contribution in [3.8, 4) is 0 Å². The van der Waals surface area contributed by atoms with Gasteiger partial charge in [-0.25, -0.2) is 21.6 Å². The second-order valence-corrected chi connectivity index (χ2v) is 9.77. The quantitative estimate of drug-likeness (QED) is 0.798. The van der Waals surface area contributed by atoms with Gasteiger partial charge in [0.2, 0.25) is 10.0 Å². The number of sulfonamides is 1. The first-order chi connectivity index (χ1) is 9.69. The highest BCUT2D eigenvalue weighted by Gasteiger charge is 2.36. The number of halogens is 1. The first-order valence-electron chi connectivity index (χ1n) is 6.73. The van der Waals surface area contributed by atoms with Gasteiger partial charge in [0.05, 0.1) is 9.79 Å². The minimum atomic E-state index is -3.84. The molecule has 0 spiro atoms. The molecule has 0 heterocycles. The zero-order chi connectivity index (χ0) is 15.7. The van der Waals surface area contributed by atoms with Crippen LogP contribution in [0.2, 0.25) is 0 Å². The number of hydrogen-bond donors (Lipinski definition) is 1. The lowest BCUT2D eigenvalue weighted by Gasteiger charge is -2.41. The molecule has 1 aliphatic carbocycles. The molecule has 1 fully saturated rings. The number of nitrogens with one attached hydrogen (secondary N) is 1. The molecule has 0 saturated heterocycles. The zero-order valence-electron chi connectivity index (χ0n) is 11.7. The van der Waals surface area contributed by atoms with Crippen molar-refractivity contribution < 1.29 is 16.8 Å². The van der Waals surface area contributed by atoms with Crippen molar-refractivity contribution in [2.75, 3.05) is 6.54 Å². The van der Waals surface area contributed by atoms with Gasteiger partial charge in [-0.15, -0.1) is 0 Å². The predicted molar refractivity (Wildman–Crippen MR) is 81.2 cm³/mol. The van der Waals surface area contributed by atoms with E-state index in [-0.39, 0.29) is 15.2 Å². The van der Waals surface area contributed by atoms with Gasteiger partial charge in [0.15, 0.2) is 0 Å². The molecule has 118 valence electrons. The Morgan fingerprint density at radius 2 is 1.62 bits per heavy atom. The van der Waals surface area contributed by atoms with Gasteiger partial charge < -0.3 is 0 Å². The summed E-state index contributed by atoms with van der Waals surface area (Å²) in [5, 5.41) is 0. The average Bonchev–Trinajstić information content (AvgIpc) is 2.37. The van der Waals surface area contributed by atoms with Gasteiger partial charge in [-0.1, -0.05) is 13.3 Å². The summed E-state index contributed by atoms with van der Waals surface area (Å²) in [6.07, 6.45) is 4.15. The van der Waals surface area contributed by atoms with Gasteiger partial charge in [-0.05, 0) is 48.9 Å². The van der Waals surface area contributed by atoms with E-state index in [0.717, 1.165) is 25.7 Å². The fourth-order valence-electron chi connectivity index (χ4n) is 2.44. The van der Waals surface area contributed by atoms with Crippen LogP contribution >= 0.6 is 10.7 Å². The molecule has 0 atom stereocenters. The lowest BCUT2D eigenvalue weighted by Crippen LogP contribution is -2.41. The molecule has 1 aromatic rings. The maximum atomic E-state index is 12.2. The topological polar surface area (TPSA) is 80.3 Å². The fourth-order valence-corrected chi connectivity index (χ4v) is 4.37. The van der Waals surface area contributed by atoms with E-state index in [4.69, 9.17) is 10.7 Å². The van der Waals surface area contributed by atoms with Crippen molar-refractivity contribution in [1.82, 2.24) is 4.72 Å². The number of hydrogen-bond acceptors (Lipinski definition) is 4. The third-order valence-electron chi connectivity index (χ3n) is 4.22. The monoisotopic (exact) mass is 351 g/mol. The van der Waals surface area contributed by atoms with Crippen molar-refractivity contribution in [3.05, 3.63) is 24.3 Å². The van der Waals surface area contributed by atoms with Crippen molar-refractivity contribution in [1.29, 1.82) is 0 Å². The summed E-state index contributed by atoms with van der Waals surface area (Å²) in [5.41, 5.74) is 0.0759. The highest BCUT2D eigenvalue weighted by Crippen LogP contribution is 2.43. The first kappa shape index (κ1) is 16.7.